The number of hydrogen-bond donors (Lipinski definition) is 2. The van der Waals surface area contributed by atoms with E-state index in [9.17, 15) is 4.79 Å². The molecule has 4 aromatic rings. The Morgan fingerprint density at radius 1 is 1.03 bits per heavy atom. The minimum Gasteiger partial charge on any atom is -0.479 e. The number of amides is 1. The third-order valence-corrected chi connectivity index (χ3v) is 5.16. The molecule has 3 aromatic carbocycles. The van der Waals surface area contributed by atoms with Gasteiger partial charge in [0.05, 0.1) is 10.7 Å². The molecule has 0 bridgehead atoms. The average Bonchev–Trinajstić information content (AvgIpc) is 3.19. The number of anilines is 1. The van der Waals surface area contributed by atoms with Gasteiger partial charge in [-0.25, -0.2) is 0 Å². The number of para-hydroxylation sites is 1. The Balaban J connectivity index is 1.39. The van der Waals surface area contributed by atoms with Crippen LogP contribution in [0.3, 0.4) is 0 Å². The molecule has 0 fully saturated rings. The molecule has 0 radical (unpaired) electrons. The van der Waals surface area contributed by atoms with Gasteiger partial charge < -0.3 is 10.1 Å². The van der Waals surface area contributed by atoms with Crippen LogP contribution in [0.25, 0.3) is 16.7 Å². The molecule has 0 saturated carbocycles. The van der Waals surface area contributed by atoms with E-state index in [1.165, 1.54) is 0 Å². The summed E-state index contributed by atoms with van der Waals surface area (Å²) in [5, 5.41) is 15.5. The molecule has 0 aliphatic heterocycles. The van der Waals surface area contributed by atoms with Crippen molar-refractivity contribution in [2.45, 2.75) is 13.0 Å². The SMILES string of the molecule is CC(Oc1ccc(Cl)cc1Cl)C(=O)NC(=S)Nc1ccc2nn(-c3ccccc3)nc2c1. The van der Waals surface area contributed by atoms with E-state index in [2.05, 4.69) is 20.8 Å². The molecule has 1 atom stereocenters. The average molecular weight is 486 g/mol. The number of halogens is 2. The molecule has 1 heterocycles. The molecule has 32 heavy (non-hydrogen) atoms. The van der Waals surface area contributed by atoms with Gasteiger partial charge in [0.15, 0.2) is 11.2 Å². The Bertz CT molecular complexity index is 1300. The molecule has 0 aliphatic rings. The highest BCUT2D eigenvalue weighted by atomic mass is 35.5. The van der Waals surface area contributed by atoms with Gasteiger partial charge in [0.2, 0.25) is 0 Å². The fraction of sp³-hybridized carbons (Fsp3) is 0.0909. The van der Waals surface area contributed by atoms with Crippen molar-refractivity contribution < 1.29 is 9.53 Å². The highest BCUT2D eigenvalue weighted by Crippen LogP contribution is 2.28. The second kappa shape index (κ2) is 9.52. The van der Waals surface area contributed by atoms with Crippen molar-refractivity contribution in [3.8, 4) is 11.4 Å². The molecule has 10 heteroatoms. The van der Waals surface area contributed by atoms with Gasteiger partial charge in [-0.05, 0) is 67.7 Å². The predicted molar refractivity (Wildman–Crippen MR) is 130 cm³/mol. The largest absolute Gasteiger partial charge is 0.479 e. The minimum absolute atomic E-state index is 0.127. The van der Waals surface area contributed by atoms with Crippen molar-refractivity contribution in [1.82, 2.24) is 20.3 Å². The van der Waals surface area contributed by atoms with Crippen LogP contribution < -0.4 is 15.4 Å². The molecule has 1 unspecified atom stereocenters. The first-order valence-corrected chi connectivity index (χ1v) is 10.7. The number of nitrogens with one attached hydrogen (secondary N) is 2. The molecule has 4 rings (SSSR count). The molecular formula is C22H17Cl2N5O2S. The third kappa shape index (κ3) is 5.16. The van der Waals surface area contributed by atoms with Crippen molar-refractivity contribution in [1.29, 1.82) is 0 Å². The number of carbonyl (C=O) groups is 1. The fourth-order valence-electron chi connectivity index (χ4n) is 2.86. The Kier molecular flexibility index (Phi) is 6.55. The standard InChI is InChI=1S/C22H17Cl2N5O2S/c1-13(31-20-10-7-14(23)11-17(20)24)21(30)26-22(32)25-15-8-9-18-19(12-15)28-29(27-18)16-5-3-2-4-6-16/h2-13H,1H3,(H2,25,26,30,32). The number of rotatable bonds is 5. The minimum atomic E-state index is -0.832. The van der Waals surface area contributed by atoms with Crippen molar-refractivity contribution in [3.05, 3.63) is 76.8 Å². The number of nitrogens with zero attached hydrogens (tertiary/aromatic N) is 3. The number of benzene rings is 3. The Hall–Kier alpha value is -3.20. The second-order valence-electron chi connectivity index (χ2n) is 6.81. The predicted octanol–water partition coefficient (Wildman–Crippen LogP) is 5.01. The van der Waals surface area contributed by atoms with Gasteiger partial charge in [0.1, 0.15) is 16.8 Å². The van der Waals surface area contributed by atoms with E-state index in [-0.39, 0.29) is 5.11 Å². The van der Waals surface area contributed by atoms with Crippen LogP contribution in [0.2, 0.25) is 10.0 Å². The van der Waals surface area contributed by atoms with Crippen LogP contribution in [0.5, 0.6) is 5.75 Å². The first-order valence-electron chi connectivity index (χ1n) is 9.55. The molecule has 162 valence electrons. The number of fused-ring (bicyclic) bond motifs is 1. The van der Waals surface area contributed by atoms with Crippen molar-refractivity contribution in [2.24, 2.45) is 0 Å². The van der Waals surface area contributed by atoms with Gasteiger partial charge in [-0.2, -0.15) is 4.80 Å². The zero-order valence-electron chi connectivity index (χ0n) is 16.8. The van der Waals surface area contributed by atoms with E-state index in [0.29, 0.717) is 27.0 Å². The second-order valence-corrected chi connectivity index (χ2v) is 8.06. The number of ether oxygens (including phenoxy) is 1. The normalized spacial score (nSPS) is 11.7. The van der Waals surface area contributed by atoms with Gasteiger partial charge in [0.25, 0.3) is 5.91 Å². The summed E-state index contributed by atoms with van der Waals surface area (Å²) >= 11 is 17.2. The Morgan fingerprint density at radius 2 is 1.78 bits per heavy atom. The van der Waals surface area contributed by atoms with Gasteiger partial charge >= 0.3 is 0 Å². The molecule has 0 spiro atoms. The summed E-state index contributed by atoms with van der Waals surface area (Å²) in [7, 11) is 0. The summed E-state index contributed by atoms with van der Waals surface area (Å²) in [6.45, 7) is 1.59. The lowest BCUT2D eigenvalue weighted by Crippen LogP contribution is -2.42. The molecule has 1 aromatic heterocycles. The van der Waals surface area contributed by atoms with Crippen LogP contribution >= 0.6 is 35.4 Å². The highest BCUT2D eigenvalue weighted by molar-refractivity contribution is 7.80. The van der Waals surface area contributed by atoms with E-state index in [0.717, 1.165) is 11.2 Å². The summed E-state index contributed by atoms with van der Waals surface area (Å²) in [6.07, 6.45) is -0.832. The van der Waals surface area contributed by atoms with Crippen LogP contribution in [0.4, 0.5) is 5.69 Å². The first-order chi connectivity index (χ1) is 15.4. The van der Waals surface area contributed by atoms with Crippen LogP contribution in [-0.2, 0) is 4.79 Å². The molecular weight excluding hydrogens is 469 g/mol. The van der Waals surface area contributed by atoms with Crippen LogP contribution in [0.1, 0.15) is 6.92 Å². The number of carbonyl (C=O) groups excluding carboxylic acids is 1. The van der Waals surface area contributed by atoms with Crippen LogP contribution in [-0.4, -0.2) is 32.1 Å². The Labute approximate surface area is 199 Å². The highest BCUT2D eigenvalue weighted by Gasteiger charge is 2.18. The van der Waals surface area contributed by atoms with E-state index in [4.69, 9.17) is 40.2 Å². The van der Waals surface area contributed by atoms with Gasteiger partial charge in [0, 0.05) is 10.7 Å². The smallest absolute Gasteiger partial charge is 0.266 e. The lowest BCUT2D eigenvalue weighted by molar-refractivity contribution is -0.125. The number of aromatic nitrogens is 3. The molecule has 7 nitrogen and oxygen atoms in total. The molecule has 1 amide bonds. The summed E-state index contributed by atoms with van der Waals surface area (Å²) < 4.78 is 5.60. The molecule has 0 aliphatic carbocycles. The summed E-state index contributed by atoms with van der Waals surface area (Å²) in [5.41, 5.74) is 2.94. The van der Waals surface area contributed by atoms with E-state index in [1.807, 2.05) is 36.4 Å². The fourth-order valence-corrected chi connectivity index (χ4v) is 3.53. The zero-order chi connectivity index (χ0) is 22.7. The maximum Gasteiger partial charge on any atom is 0.266 e. The Morgan fingerprint density at radius 3 is 2.53 bits per heavy atom. The first kappa shape index (κ1) is 22.0. The summed E-state index contributed by atoms with van der Waals surface area (Å²) in [5.74, 6) is -0.0748. The van der Waals surface area contributed by atoms with E-state index < -0.39 is 12.0 Å². The van der Waals surface area contributed by atoms with E-state index >= 15 is 0 Å². The van der Waals surface area contributed by atoms with Crippen molar-refractivity contribution in [3.63, 3.8) is 0 Å². The number of hydrogen-bond acceptors (Lipinski definition) is 5. The summed E-state index contributed by atoms with van der Waals surface area (Å²) in [6, 6.07) is 19.8. The van der Waals surface area contributed by atoms with Gasteiger partial charge in [-0.15, -0.1) is 10.2 Å². The monoisotopic (exact) mass is 485 g/mol. The van der Waals surface area contributed by atoms with E-state index in [1.54, 1.807) is 42.1 Å². The van der Waals surface area contributed by atoms with Gasteiger partial charge in [-0.3, -0.25) is 10.1 Å². The molecule has 2 N–H and O–H groups in total. The van der Waals surface area contributed by atoms with Crippen molar-refractivity contribution in [2.75, 3.05) is 5.32 Å². The van der Waals surface area contributed by atoms with Gasteiger partial charge in [-0.1, -0.05) is 41.4 Å². The lowest BCUT2D eigenvalue weighted by atomic mass is 10.3. The zero-order valence-corrected chi connectivity index (χ0v) is 19.1. The topological polar surface area (TPSA) is 81.1 Å². The maximum absolute atomic E-state index is 12.4. The summed E-state index contributed by atoms with van der Waals surface area (Å²) in [4.78, 5) is 14.0. The molecule has 0 saturated heterocycles. The number of thiocarbonyl (C=S) groups is 1. The lowest BCUT2D eigenvalue weighted by Gasteiger charge is -2.16. The quantitative estimate of drug-likeness (QED) is 0.386. The third-order valence-electron chi connectivity index (χ3n) is 4.43. The maximum atomic E-state index is 12.4. The van der Waals surface area contributed by atoms with Crippen LogP contribution in [0, 0.1) is 0 Å². The van der Waals surface area contributed by atoms with Crippen molar-refractivity contribution >= 4 is 63.2 Å². The van der Waals surface area contributed by atoms with Crippen LogP contribution in [0.15, 0.2) is 66.7 Å².